The SMILES string of the molecule is CC[C@@H]1CCCCC[C@H](OCC(=O)NC(C)(C)CNS(=O)(=O)c2ccc(C(F)(F)F)cc2)C(=O)[C@H](C)CCCOC1=O. The highest BCUT2D eigenvalue weighted by atomic mass is 32.2. The molecule has 1 aromatic carbocycles. The highest BCUT2D eigenvalue weighted by Crippen LogP contribution is 2.29. The zero-order chi connectivity index (χ0) is 31.6. The predicted molar refractivity (Wildman–Crippen MR) is 150 cm³/mol. The number of amides is 1. The summed E-state index contributed by atoms with van der Waals surface area (Å²) in [6, 6.07) is 3.10. The van der Waals surface area contributed by atoms with Crippen molar-refractivity contribution in [3.63, 3.8) is 0 Å². The van der Waals surface area contributed by atoms with Crippen molar-refractivity contribution in [3.8, 4) is 0 Å². The Bertz CT molecular complexity index is 1150. The van der Waals surface area contributed by atoms with Gasteiger partial charge in [0, 0.05) is 18.0 Å². The van der Waals surface area contributed by atoms with Crippen LogP contribution in [0.25, 0.3) is 0 Å². The van der Waals surface area contributed by atoms with Gasteiger partial charge in [-0.3, -0.25) is 14.4 Å². The zero-order valence-electron chi connectivity index (χ0n) is 24.7. The number of Topliss-reactive ketones (excluding diaryl/α,β-unsaturated/α-hetero) is 1. The maximum absolute atomic E-state index is 13.1. The molecule has 3 atom stereocenters. The Labute approximate surface area is 246 Å². The number of carbonyl (C=O) groups excluding carboxylic acids is 3. The minimum Gasteiger partial charge on any atom is -0.465 e. The average molecular weight is 621 g/mol. The number of hydrogen-bond donors (Lipinski definition) is 2. The summed E-state index contributed by atoms with van der Waals surface area (Å²) in [7, 11) is -4.14. The van der Waals surface area contributed by atoms with Crippen molar-refractivity contribution in [1.29, 1.82) is 0 Å². The van der Waals surface area contributed by atoms with Crippen LogP contribution in [0.15, 0.2) is 29.2 Å². The molecule has 238 valence electrons. The van der Waals surface area contributed by atoms with Crippen molar-refractivity contribution in [2.75, 3.05) is 19.8 Å². The Balaban J connectivity index is 1.93. The number of ether oxygens (including phenoxy) is 2. The molecule has 9 nitrogen and oxygen atoms in total. The minimum absolute atomic E-state index is 0.124. The van der Waals surface area contributed by atoms with Gasteiger partial charge in [-0.15, -0.1) is 0 Å². The fraction of sp³-hybridized carbons (Fsp3) is 0.690. The van der Waals surface area contributed by atoms with Gasteiger partial charge in [-0.2, -0.15) is 13.2 Å². The second-order valence-corrected chi connectivity index (χ2v) is 13.2. The summed E-state index contributed by atoms with van der Waals surface area (Å²) in [5.74, 6) is -1.34. The number of halogens is 3. The Morgan fingerprint density at radius 3 is 2.29 bits per heavy atom. The van der Waals surface area contributed by atoms with E-state index in [9.17, 15) is 36.0 Å². The van der Waals surface area contributed by atoms with E-state index >= 15 is 0 Å². The summed E-state index contributed by atoms with van der Waals surface area (Å²) >= 11 is 0. The van der Waals surface area contributed by atoms with Crippen molar-refractivity contribution in [2.24, 2.45) is 11.8 Å². The minimum atomic E-state index is -4.59. The summed E-state index contributed by atoms with van der Waals surface area (Å²) in [4.78, 5) is 37.7. The van der Waals surface area contributed by atoms with Gasteiger partial charge < -0.3 is 14.8 Å². The van der Waals surface area contributed by atoms with Gasteiger partial charge in [-0.05, 0) is 70.2 Å². The van der Waals surface area contributed by atoms with E-state index in [-0.39, 0.29) is 41.6 Å². The molecule has 0 bridgehead atoms. The number of sulfonamides is 1. The lowest BCUT2D eigenvalue weighted by atomic mass is 9.92. The van der Waals surface area contributed by atoms with Gasteiger partial charge in [0.15, 0.2) is 5.78 Å². The maximum atomic E-state index is 13.1. The molecule has 2 rings (SSSR count). The van der Waals surface area contributed by atoms with Gasteiger partial charge in [-0.1, -0.05) is 33.1 Å². The number of cyclic esters (lactones) is 1. The molecule has 0 aromatic heterocycles. The molecule has 0 saturated carbocycles. The molecule has 1 fully saturated rings. The number of nitrogens with one attached hydrogen (secondary N) is 2. The van der Waals surface area contributed by atoms with Gasteiger partial charge in [0.1, 0.15) is 12.7 Å². The summed E-state index contributed by atoms with van der Waals surface area (Å²) in [6.45, 7) is 6.49. The molecule has 1 aliphatic heterocycles. The summed E-state index contributed by atoms with van der Waals surface area (Å²) in [5, 5.41) is 2.67. The van der Waals surface area contributed by atoms with Crippen LogP contribution >= 0.6 is 0 Å². The van der Waals surface area contributed by atoms with Crippen molar-refractivity contribution < 1.29 is 45.4 Å². The molecule has 1 amide bonds. The van der Waals surface area contributed by atoms with Gasteiger partial charge in [0.05, 0.1) is 23.0 Å². The fourth-order valence-electron chi connectivity index (χ4n) is 4.65. The highest BCUT2D eigenvalue weighted by Gasteiger charge is 2.31. The molecule has 42 heavy (non-hydrogen) atoms. The van der Waals surface area contributed by atoms with E-state index in [1.165, 1.54) is 0 Å². The molecule has 0 radical (unpaired) electrons. The topological polar surface area (TPSA) is 128 Å². The number of carbonyl (C=O) groups is 3. The van der Waals surface area contributed by atoms with Crippen LogP contribution in [-0.2, 0) is 40.1 Å². The lowest BCUT2D eigenvalue weighted by molar-refractivity contribution is -0.149. The van der Waals surface area contributed by atoms with Crippen LogP contribution in [0, 0.1) is 11.8 Å². The fourth-order valence-corrected chi connectivity index (χ4v) is 5.86. The van der Waals surface area contributed by atoms with Crippen molar-refractivity contribution in [3.05, 3.63) is 29.8 Å². The number of benzene rings is 1. The molecule has 0 unspecified atom stereocenters. The first kappa shape index (κ1) is 35.7. The van der Waals surface area contributed by atoms with Gasteiger partial charge >= 0.3 is 12.1 Å². The highest BCUT2D eigenvalue weighted by molar-refractivity contribution is 7.89. The van der Waals surface area contributed by atoms with Crippen molar-refractivity contribution >= 4 is 27.7 Å². The zero-order valence-corrected chi connectivity index (χ0v) is 25.5. The van der Waals surface area contributed by atoms with Crippen LogP contribution in [0.1, 0.15) is 84.6 Å². The average Bonchev–Trinajstić information content (AvgIpc) is 2.92. The van der Waals surface area contributed by atoms with Crippen molar-refractivity contribution in [1.82, 2.24) is 10.0 Å². The van der Waals surface area contributed by atoms with E-state index in [0.717, 1.165) is 25.0 Å². The van der Waals surface area contributed by atoms with Gasteiger partial charge in [0.2, 0.25) is 15.9 Å². The normalized spacial score (nSPS) is 22.2. The van der Waals surface area contributed by atoms with Gasteiger partial charge in [0.25, 0.3) is 0 Å². The number of esters is 1. The smallest absolute Gasteiger partial charge is 0.416 e. The first-order valence-electron chi connectivity index (χ1n) is 14.4. The third kappa shape index (κ3) is 11.6. The predicted octanol–water partition coefficient (Wildman–Crippen LogP) is 4.78. The Morgan fingerprint density at radius 1 is 1.02 bits per heavy atom. The maximum Gasteiger partial charge on any atom is 0.416 e. The van der Waals surface area contributed by atoms with E-state index < -0.39 is 45.9 Å². The number of alkyl halides is 3. The van der Waals surface area contributed by atoms with Crippen LogP contribution < -0.4 is 10.0 Å². The van der Waals surface area contributed by atoms with Crippen LogP contribution in [0.2, 0.25) is 0 Å². The first-order chi connectivity index (χ1) is 19.6. The van der Waals surface area contributed by atoms with Crippen LogP contribution in [0.4, 0.5) is 13.2 Å². The Kier molecular flexibility index (Phi) is 13.4. The standard InChI is InChI=1S/C29H43F3N2O7S/c1-5-21-11-7-6-8-12-24(26(36)20(2)10-9-17-40-27(21)37)41-18-25(35)34-28(3,4)19-33-42(38,39)23-15-13-22(14-16-23)29(30,31)32/h13-16,20-21,24,33H,5-12,17-19H2,1-4H3,(H,34,35)/t20-,21-,24+/m1/s1. The number of rotatable bonds is 9. The molecule has 1 aromatic rings. The van der Waals surface area contributed by atoms with Crippen molar-refractivity contribution in [2.45, 2.75) is 102 Å². The molecule has 0 aliphatic carbocycles. The van der Waals surface area contributed by atoms with Crippen LogP contribution in [-0.4, -0.2) is 57.5 Å². The van der Waals surface area contributed by atoms with E-state index in [1.54, 1.807) is 20.8 Å². The molecule has 0 spiro atoms. The quantitative estimate of drug-likeness (QED) is 0.380. The lowest BCUT2D eigenvalue weighted by Crippen LogP contribution is -2.52. The second-order valence-electron chi connectivity index (χ2n) is 11.4. The molecule has 1 aliphatic rings. The van der Waals surface area contributed by atoms with E-state index in [0.29, 0.717) is 50.7 Å². The third-order valence-corrected chi connectivity index (χ3v) is 8.68. The molecular weight excluding hydrogens is 577 g/mol. The Morgan fingerprint density at radius 2 is 1.67 bits per heavy atom. The largest absolute Gasteiger partial charge is 0.465 e. The second kappa shape index (κ2) is 15.8. The third-order valence-electron chi connectivity index (χ3n) is 7.26. The first-order valence-corrected chi connectivity index (χ1v) is 15.8. The summed E-state index contributed by atoms with van der Waals surface area (Å²) in [6.07, 6.45) is -0.161. The molecule has 1 saturated heterocycles. The van der Waals surface area contributed by atoms with E-state index in [2.05, 4.69) is 10.0 Å². The molecule has 13 heteroatoms. The van der Waals surface area contributed by atoms with Gasteiger partial charge in [-0.25, -0.2) is 13.1 Å². The number of hydrogen-bond acceptors (Lipinski definition) is 7. The monoisotopic (exact) mass is 620 g/mol. The van der Waals surface area contributed by atoms with E-state index in [1.807, 2.05) is 6.92 Å². The summed E-state index contributed by atoms with van der Waals surface area (Å²) < 4.78 is 77.0. The molecular formula is C29H43F3N2O7S. The molecule has 1 heterocycles. The molecule has 2 N–H and O–H groups in total. The Hall–Kier alpha value is -2.51. The number of ketones is 1. The van der Waals surface area contributed by atoms with Crippen LogP contribution in [0.5, 0.6) is 0 Å². The van der Waals surface area contributed by atoms with Crippen LogP contribution in [0.3, 0.4) is 0 Å². The summed E-state index contributed by atoms with van der Waals surface area (Å²) in [5.41, 5.74) is -2.04. The lowest BCUT2D eigenvalue weighted by Gasteiger charge is -2.27. The van der Waals surface area contributed by atoms with E-state index in [4.69, 9.17) is 9.47 Å².